The molecule has 32 heavy (non-hydrogen) atoms. The molecule has 1 aromatic carbocycles. The molecule has 10 heteroatoms. The van der Waals surface area contributed by atoms with E-state index in [1.54, 1.807) is 6.20 Å². The number of carbonyl (C=O) groups excluding carboxylic acids is 1. The van der Waals surface area contributed by atoms with E-state index in [1.165, 1.54) is 0 Å². The van der Waals surface area contributed by atoms with Crippen LogP contribution in [-0.4, -0.2) is 71.6 Å². The molecular weight excluding hydrogens is 429 g/mol. The third-order valence-electron chi connectivity index (χ3n) is 5.71. The Hall–Kier alpha value is -2.72. The van der Waals surface area contributed by atoms with Crippen LogP contribution in [0.2, 0.25) is 0 Å². The SMILES string of the molecule is CCOCCC1CCOC12CN(C(=O)c1ccc3ncccc3c1)C2.O=C(O)C(F)(F)F. The number of likely N-dealkylation sites (tertiary alicyclic amines) is 1. The molecule has 1 spiro atoms. The van der Waals surface area contributed by atoms with E-state index in [9.17, 15) is 18.0 Å². The lowest BCUT2D eigenvalue weighted by molar-refractivity contribution is -0.192. The minimum Gasteiger partial charge on any atom is -0.475 e. The van der Waals surface area contributed by atoms with Crippen LogP contribution in [0.15, 0.2) is 36.5 Å². The highest BCUT2D eigenvalue weighted by Gasteiger charge is 2.54. The quantitative estimate of drug-likeness (QED) is 0.696. The van der Waals surface area contributed by atoms with Gasteiger partial charge in [-0.2, -0.15) is 13.2 Å². The molecule has 4 rings (SSSR count). The van der Waals surface area contributed by atoms with E-state index in [-0.39, 0.29) is 11.5 Å². The number of rotatable bonds is 5. The lowest BCUT2D eigenvalue weighted by atomic mass is 9.79. The molecule has 0 bridgehead atoms. The topological polar surface area (TPSA) is 89.0 Å². The summed E-state index contributed by atoms with van der Waals surface area (Å²) >= 11 is 0. The first-order chi connectivity index (χ1) is 15.2. The monoisotopic (exact) mass is 454 g/mol. The number of hydrogen-bond donors (Lipinski definition) is 1. The Bertz CT molecular complexity index is 960. The van der Waals surface area contributed by atoms with Crippen molar-refractivity contribution in [1.82, 2.24) is 9.88 Å². The van der Waals surface area contributed by atoms with Gasteiger partial charge in [-0.05, 0) is 49.9 Å². The zero-order valence-electron chi connectivity index (χ0n) is 17.6. The number of carboxylic acids is 1. The highest BCUT2D eigenvalue weighted by Crippen LogP contribution is 2.42. The third-order valence-corrected chi connectivity index (χ3v) is 5.71. The minimum absolute atomic E-state index is 0.0791. The van der Waals surface area contributed by atoms with Crippen molar-refractivity contribution < 1.29 is 37.3 Å². The number of fused-ring (bicyclic) bond motifs is 1. The summed E-state index contributed by atoms with van der Waals surface area (Å²) in [4.78, 5) is 27.9. The van der Waals surface area contributed by atoms with E-state index in [1.807, 2.05) is 42.2 Å². The largest absolute Gasteiger partial charge is 0.490 e. The molecule has 0 aliphatic carbocycles. The number of alkyl halides is 3. The van der Waals surface area contributed by atoms with Crippen LogP contribution in [-0.2, 0) is 14.3 Å². The van der Waals surface area contributed by atoms with Crippen LogP contribution >= 0.6 is 0 Å². The Kier molecular flexibility index (Phi) is 7.35. The van der Waals surface area contributed by atoms with Crippen LogP contribution in [0, 0.1) is 5.92 Å². The predicted octanol–water partition coefficient (Wildman–Crippen LogP) is 3.53. The van der Waals surface area contributed by atoms with Gasteiger partial charge in [-0.15, -0.1) is 0 Å². The average molecular weight is 454 g/mol. The number of benzene rings is 1. The first-order valence-electron chi connectivity index (χ1n) is 10.3. The number of carboxylic acid groups (broad SMARTS) is 1. The van der Waals surface area contributed by atoms with Gasteiger partial charge in [-0.25, -0.2) is 4.79 Å². The van der Waals surface area contributed by atoms with Crippen LogP contribution in [0.4, 0.5) is 13.2 Å². The lowest BCUT2D eigenvalue weighted by Gasteiger charge is -2.50. The Labute approximate surface area is 183 Å². The normalized spacial score (nSPS) is 19.4. The second-order valence-electron chi connectivity index (χ2n) is 7.76. The highest BCUT2D eigenvalue weighted by atomic mass is 19.4. The average Bonchev–Trinajstić information content (AvgIpc) is 3.16. The van der Waals surface area contributed by atoms with Gasteiger partial charge in [0, 0.05) is 37.0 Å². The number of pyridine rings is 1. The third kappa shape index (κ3) is 5.36. The van der Waals surface area contributed by atoms with E-state index in [4.69, 9.17) is 19.4 Å². The van der Waals surface area contributed by atoms with Gasteiger partial charge in [0.25, 0.3) is 5.91 Å². The molecule has 2 saturated heterocycles. The number of amides is 1. The Morgan fingerprint density at radius 1 is 1.31 bits per heavy atom. The van der Waals surface area contributed by atoms with Gasteiger partial charge in [-0.3, -0.25) is 9.78 Å². The fourth-order valence-corrected chi connectivity index (χ4v) is 4.05. The smallest absolute Gasteiger partial charge is 0.475 e. The molecule has 0 saturated carbocycles. The van der Waals surface area contributed by atoms with E-state index >= 15 is 0 Å². The molecule has 1 unspecified atom stereocenters. The number of aliphatic carboxylic acids is 1. The second-order valence-corrected chi connectivity index (χ2v) is 7.76. The molecular formula is C22H25F3N2O5. The van der Waals surface area contributed by atoms with Crippen molar-refractivity contribution in [3.05, 3.63) is 42.1 Å². The predicted molar refractivity (Wildman–Crippen MR) is 109 cm³/mol. The van der Waals surface area contributed by atoms with Crippen molar-refractivity contribution in [3.63, 3.8) is 0 Å². The molecule has 0 radical (unpaired) electrons. The first-order valence-corrected chi connectivity index (χ1v) is 10.3. The van der Waals surface area contributed by atoms with Crippen molar-refractivity contribution in [2.24, 2.45) is 5.92 Å². The van der Waals surface area contributed by atoms with Gasteiger partial charge in [0.2, 0.25) is 0 Å². The van der Waals surface area contributed by atoms with Crippen LogP contribution in [0.1, 0.15) is 30.1 Å². The number of halogens is 3. The number of carbonyl (C=O) groups is 2. The zero-order chi connectivity index (χ0) is 23.4. The highest BCUT2D eigenvalue weighted by molar-refractivity contribution is 5.98. The number of nitrogens with zero attached hydrogens (tertiary/aromatic N) is 2. The molecule has 1 aromatic heterocycles. The van der Waals surface area contributed by atoms with Crippen molar-refractivity contribution in [2.45, 2.75) is 31.5 Å². The Morgan fingerprint density at radius 2 is 2.03 bits per heavy atom. The fraction of sp³-hybridized carbons (Fsp3) is 0.500. The molecule has 7 nitrogen and oxygen atoms in total. The number of ether oxygens (including phenoxy) is 2. The fourth-order valence-electron chi connectivity index (χ4n) is 4.05. The summed E-state index contributed by atoms with van der Waals surface area (Å²) in [5, 5.41) is 8.12. The van der Waals surface area contributed by atoms with E-state index in [2.05, 4.69) is 4.98 Å². The molecule has 3 heterocycles. The van der Waals surface area contributed by atoms with Crippen molar-refractivity contribution >= 4 is 22.8 Å². The standard InChI is InChI=1S/C20H24N2O3.C2HF3O2/c1-2-24-10-7-17-8-11-25-20(17)13-22(14-20)19(23)16-5-6-18-15(12-16)4-3-9-21-18;3-2(4,5)1(6)7/h3-6,9,12,17H,2,7-8,10-11,13-14H2,1H3;(H,6,7). The van der Waals surface area contributed by atoms with Crippen molar-refractivity contribution in [1.29, 1.82) is 0 Å². The summed E-state index contributed by atoms with van der Waals surface area (Å²) in [5.41, 5.74) is 1.49. The molecule has 174 valence electrons. The van der Waals surface area contributed by atoms with Crippen molar-refractivity contribution in [3.8, 4) is 0 Å². The summed E-state index contributed by atoms with van der Waals surface area (Å²) in [6, 6.07) is 9.59. The van der Waals surface area contributed by atoms with E-state index < -0.39 is 12.1 Å². The second kappa shape index (κ2) is 9.83. The summed E-state index contributed by atoms with van der Waals surface area (Å²) in [7, 11) is 0. The zero-order valence-corrected chi connectivity index (χ0v) is 17.6. The maximum absolute atomic E-state index is 12.8. The Balaban J connectivity index is 0.000000360. The van der Waals surface area contributed by atoms with Crippen LogP contribution in [0.5, 0.6) is 0 Å². The van der Waals surface area contributed by atoms with Crippen LogP contribution in [0.3, 0.4) is 0 Å². The Morgan fingerprint density at radius 3 is 2.69 bits per heavy atom. The molecule has 2 aliphatic heterocycles. The maximum atomic E-state index is 12.8. The minimum atomic E-state index is -5.08. The first kappa shape index (κ1) is 23.9. The van der Waals surface area contributed by atoms with Crippen molar-refractivity contribution in [2.75, 3.05) is 32.9 Å². The van der Waals surface area contributed by atoms with Crippen LogP contribution in [0.25, 0.3) is 10.9 Å². The summed E-state index contributed by atoms with van der Waals surface area (Å²) in [5.74, 6) is -2.19. The number of hydrogen-bond acceptors (Lipinski definition) is 5. The molecule has 2 fully saturated rings. The van der Waals surface area contributed by atoms with Gasteiger partial charge in [-0.1, -0.05) is 6.07 Å². The number of aromatic nitrogens is 1. The van der Waals surface area contributed by atoms with Gasteiger partial charge in [0.05, 0.1) is 18.6 Å². The molecule has 1 amide bonds. The van der Waals surface area contributed by atoms with Crippen LogP contribution < -0.4 is 0 Å². The summed E-state index contributed by atoms with van der Waals surface area (Å²) in [6.45, 7) is 5.71. The van der Waals surface area contributed by atoms with Gasteiger partial charge in [0.15, 0.2) is 0 Å². The van der Waals surface area contributed by atoms with E-state index in [0.717, 1.165) is 49.1 Å². The molecule has 2 aromatic rings. The lowest BCUT2D eigenvalue weighted by Crippen LogP contribution is -2.66. The van der Waals surface area contributed by atoms with Gasteiger partial charge >= 0.3 is 12.1 Å². The van der Waals surface area contributed by atoms with Gasteiger partial charge < -0.3 is 19.5 Å². The summed E-state index contributed by atoms with van der Waals surface area (Å²) < 4.78 is 43.3. The molecule has 1 atom stereocenters. The van der Waals surface area contributed by atoms with Gasteiger partial charge in [0.1, 0.15) is 5.60 Å². The molecule has 1 N–H and O–H groups in total. The molecule has 2 aliphatic rings. The maximum Gasteiger partial charge on any atom is 0.490 e. The summed E-state index contributed by atoms with van der Waals surface area (Å²) in [6.07, 6.45) is -1.24. The van der Waals surface area contributed by atoms with E-state index in [0.29, 0.717) is 19.0 Å².